The molecule has 0 radical (unpaired) electrons. The van der Waals surface area contributed by atoms with Gasteiger partial charge in [0.1, 0.15) is 23.9 Å². The summed E-state index contributed by atoms with van der Waals surface area (Å²) in [5.41, 5.74) is 12.5. The third-order valence-electron chi connectivity index (χ3n) is 12.3. The van der Waals surface area contributed by atoms with Crippen molar-refractivity contribution in [1.82, 2.24) is 20.5 Å². The lowest BCUT2D eigenvalue weighted by molar-refractivity contribution is -0.133. The zero-order valence-corrected chi connectivity index (χ0v) is 31.2. The number of carbonyl (C=O) groups is 4. The Hall–Kier alpha value is -5.29. The number of para-hydroxylation sites is 1. The predicted octanol–water partition coefficient (Wildman–Crippen LogP) is 5.19. The van der Waals surface area contributed by atoms with Gasteiger partial charge in [0.2, 0.25) is 23.6 Å². The van der Waals surface area contributed by atoms with Crippen molar-refractivity contribution in [3.63, 3.8) is 0 Å². The molecule has 3 heterocycles. The number of nitrogens with one attached hydrogen (secondary N) is 3. The van der Waals surface area contributed by atoms with Crippen LogP contribution in [-0.4, -0.2) is 71.3 Å². The van der Waals surface area contributed by atoms with Crippen LogP contribution >= 0.6 is 0 Å². The third kappa shape index (κ3) is 7.42. The number of hydrogen-bond acceptors (Lipinski definition) is 5. The fourth-order valence-electron chi connectivity index (χ4n) is 9.42. The molecule has 2 aliphatic carbocycles. The number of benzene rings is 3. The van der Waals surface area contributed by atoms with E-state index in [0.29, 0.717) is 36.6 Å². The minimum absolute atomic E-state index is 0.0889. The van der Waals surface area contributed by atoms with Crippen LogP contribution in [0.4, 0.5) is 10.1 Å². The molecule has 8 rings (SSSR count). The van der Waals surface area contributed by atoms with Crippen molar-refractivity contribution in [2.45, 2.75) is 88.4 Å². The topological polar surface area (TPSA) is 141 Å². The molecule has 286 valence electrons. The molecule has 0 saturated heterocycles. The predicted molar refractivity (Wildman–Crippen MR) is 210 cm³/mol. The molecule has 4 aliphatic rings. The van der Waals surface area contributed by atoms with Crippen LogP contribution in [-0.2, 0) is 38.4 Å². The molecular formula is C44H49FN6O4. The van der Waals surface area contributed by atoms with Gasteiger partial charge in [-0.15, -0.1) is 0 Å². The van der Waals surface area contributed by atoms with E-state index in [1.54, 1.807) is 18.2 Å². The van der Waals surface area contributed by atoms with Crippen molar-refractivity contribution in [2.24, 2.45) is 17.6 Å². The minimum atomic E-state index is -1.06. The summed E-state index contributed by atoms with van der Waals surface area (Å²) in [6, 6.07) is 16.6. The summed E-state index contributed by atoms with van der Waals surface area (Å²) in [7, 11) is 2.02. The fraction of sp³-hybridized carbons (Fsp3) is 0.409. The summed E-state index contributed by atoms with van der Waals surface area (Å²) in [6.45, 7) is 0.464. The Kier molecular flexibility index (Phi) is 10.3. The highest BCUT2D eigenvalue weighted by Gasteiger charge is 2.42. The molecule has 2 aliphatic heterocycles. The maximum atomic E-state index is 14.6. The number of primary amides is 1. The maximum absolute atomic E-state index is 14.6. The number of rotatable bonds is 11. The van der Waals surface area contributed by atoms with Gasteiger partial charge >= 0.3 is 0 Å². The van der Waals surface area contributed by atoms with E-state index >= 15 is 0 Å². The van der Waals surface area contributed by atoms with Crippen LogP contribution in [0.3, 0.4) is 0 Å². The molecule has 5 atom stereocenters. The zero-order valence-electron chi connectivity index (χ0n) is 31.2. The van der Waals surface area contributed by atoms with Gasteiger partial charge in [0, 0.05) is 48.2 Å². The minimum Gasteiger partial charge on any atom is -0.368 e. The van der Waals surface area contributed by atoms with Crippen LogP contribution in [0.1, 0.15) is 67.2 Å². The highest BCUT2D eigenvalue weighted by Crippen LogP contribution is 2.41. The van der Waals surface area contributed by atoms with Gasteiger partial charge in [-0.2, -0.15) is 0 Å². The largest absolute Gasteiger partial charge is 0.368 e. The molecule has 1 saturated carbocycles. The Morgan fingerprint density at radius 1 is 0.909 bits per heavy atom. The standard InChI is InChI=1S/C44H49FN6O4/c1-50-25-30(21-33-32-11-7-12-34-40(32)29(24-47-34)23-38(33)50)42(53)49-36(20-27-14-17-31(45)18-15-27)43(54)48-35(19-16-26-8-3-2-4-9-26)44(55)51-37-13-6-5-10-28(37)22-39(51)41(46)52/h5-7,10-15,17-18,21,24,26,30,35-36,38-39,47H,2-4,8-9,16,19-20,22-23,25H2,1H3,(H2,46,52)(H,48,54)(H,49,53)/t30-,35+,36+,38-,39+/m1/s1. The van der Waals surface area contributed by atoms with Gasteiger partial charge in [-0.05, 0) is 84.3 Å². The van der Waals surface area contributed by atoms with Gasteiger partial charge in [-0.1, -0.05) is 80.6 Å². The Morgan fingerprint density at radius 2 is 1.69 bits per heavy atom. The maximum Gasteiger partial charge on any atom is 0.250 e. The Labute approximate surface area is 320 Å². The Morgan fingerprint density at radius 3 is 2.47 bits per heavy atom. The van der Waals surface area contributed by atoms with E-state index in [9.17, 15) is 23.6 Å². The summed E-state index contributed by atoms with van der Waals surface area (Å²) in [4.78, 5) is 63.1. The lowest BCUT2D eigenvalue weighted by atomic mass is 9.79. The molecule has 4 aromatic rings. The lowest BCUT2D eigenvalue weighted by Crippen LogP contribution is -2.58. The van der Waals surface area contributed by atoms with Crippen molar-refractivity contribution < 1.29 is 23.6 Å². The molecule has 4 amide bonds. The number of anilines is 1. The van der Waals surface area contributed by atoms with E-state index < -0.39 is 47.6 Å². The second kappa shape index (κ2) is 15.5. The smallest absolute Gasteiger partial charge is 0.250 e. The second-order valence-corrected chi connectivity index (χ2v) is 15.9. The van der Waals surface area contributed by atoms with Crippen LogP contribution < -0.4 is 21.3 Å². The lowest BCUT2D eigenvalue weighted by Gasteiger charge is -2.39. The van der Waals surface area contributed by atoms with E-state index in [4.69, 9.17) is 5.73 Å². The van der Waals surface area contributed by atoms with Gasteiger partial charge < -0.3 is 21.4 Å². The third-order valence-corrected chi connectivity index (χ3v) is 12.3. The average molecular weight is 745 g/mol. The van der Waals surface area contributed by atoms with Crippen molar-refractivity contribution in [3.05, 3.63) is 107 Å². The van der Waals surface area contributed by atoms with Crippen LogP contribution in [0.5, 0.6) is 0 Å². The zero-order chi connectivity index (χ0) is 38.2. The van der Waals surface area contributed by atoms with E-state index in [2.05, 4.69) is 38.8 Å². The van der Waals surface area contributed by atoms with Gasteiger partial charge in [0.15, 0.2) is 0 Å². The quantitative estimate of drug-likeness (QED) is 0.167. The number of nitrogens with zero attached hydrogens (tertiary/aromatic N) is 2. The van der Waals surface area contributed by atoms with E-state index in [0.717, 1.165) is 60.7 Å². The highest BCUT2D eigenvalue weighted by atomic mass is 19.1. The number of amides is 4. The number of aromatic nitrogens is 1. The molecule has 55 heavy (non-hydrogen) atoms. The summed E-state index contributed by atoms with van der Waals surface area (Å²) < 4.78 is 14.0. The second-order valence-electron chi connectivity index (χ2n) is 15.9. The van der Waals surface area contributed by atoms with Crippen molar-refractivity contribution in [3.8, 4) is 0 Å². The first-order chi connectivity index (χ1) is 26.6. The van der Waals surface area contributed by atoms with Crippen molar-refractivity contribution in [1.29, 1.82) is 0 Å². The summed E-state index contributed by atoms with van der Waals surface area (Å²) >= 11 is 0. The number of halogens is 1. The molecule has 5 N–H and O–H groups in total. The number of hydrogen-bond donors (Lipinski definition) is 4. The Bertz CT molecular complexity index is 2140. The highest BCUT2D eigenvalue weighted by molar-refractivity contribution is 6.07. The SMILES string of the molecule is CN1C[C@H](C(=O)N[C@@H](Cc2ccc(F)cc2)C(=O)N[C@@H](CCC2CCCCC2)C(=O)N2c3ccccc3C[C@H]2C(N)=O)C=C2c3cccc4[nH]cc(c34)C[C@H]21. The van der Waals surface area contributed by atoms with E-state index in [1.165, 1.54) is 34.4 Å². The summed E-state index contributed by atoms with van der Waals surface area (Å²) in [5.74, 6) is -2.35. The molecule has 10 nitrogen and oxygen atoms in total. The number of fused-ring (bicyclic) bond motifs is 3. The first-order valence-electron chi connectivity index (χ1n) is 19.7. The molecule has 1 aromatic heterocycles. The normalized spacial score (nSPS) is 22.0. The van der Waals surface area contributed by atoms with Gasteiger partial charge in [-0.25, -0.2) is 4.39 Å². The average Bonchev–Trinajstić information content (AvgIpc) is 3.80. The number of likely N-dealkylation sites (N-methyl/N-ethyl adjacent to an activating group) is 1. The fourth-order valence-corrected chi connectivity index (χ4v) is 9.42. The van der Waals surface area contributed by atoms with Crippen LogP contribution in [0.2, 0.25) is 0 Å². The monoisotopic (exact) mass is 744 g/mol. The van der Waals surface area contributed by atoms with E-state index in [1.807, 2.05) is 37.4 Å². The Balaban J connectivity index is 1.08. The molecule has 0 spiro atoms. The number of carbonyl (C=O) groups excluding carboxylic acids is 4. The number of nitrogens with two attached hydrogens (primary N) is 1. The van der Waals surface area contributed by atoms with Crippen LogP contribution in [0.25, 0.3) is 16.5 Å². The number of H-pyrrole nitrogens is 1. The summed E-state index contributed by atoms with van der Waals surface area (Å²) in [5, 5.41) is 7.26. The molecule has 11 heteroatoms. The van der Waals surface area contributed by atoms with Crippen LogP contribution in [0.15, 0.2) is 79.0 Å². The van der Waals surface area contributed by atoms with E-state index in [-0.39, 0.29) is 18.4 Å². The van der Waals surface area contributed by atoms with Crippen LogP contribution in [0, 0.1) is 17.7 Å². The summed E-state index contributed by atoms with van der Waals surface area (Å²) in [6.07, 6.45) is 12.1. The molecule has 0 unspecified atom stereocenters. The molecule has 0 bridgehead atoms. The van der Waals surface area contributed by atoms with Crippen molar-refractivity contribution in [2.75, 3.05) is 18.5 Å². The van der Waals surface area contributed by atoms with Gasteiger partial charge in [0.25, 0.3) is 0 Å². The molecular weight excluding hydrogens is 696 g/mol. The number of aromatic amines is 1. The first-order valence-corrected chi connectivity index (χ1v) is 19.7. The van der Waals surface area contributed by atoms with Gasteiger partial charge in [0.05, 0.1) is 5.92 Å². The van der Waals surface area contributed by atoms with Gasteiger partial charge in [-0.3, -0.25) is 29.0 Å². The molecule has 1 fully saturated rings. The van der Waals surface area contributed by atoms with Crippen molar-refractivity contribution >= 4 is 45.8 Å². The molecule has 3 aromatic carbocycles. The first kappa shape index (κ1) is 36.7.